The minimum absolute atomic E-state index is 0.219. The predicted octanol–water partition coefficient (Wildman–Crippen LogP) is 5.99. The molecule has 0 spiro atoms. The molecule has 7 nitrogen and oxygen atoms in total. The molecule has 2 amide bonds. The molecule has 0 aliphatic rings. The molecule has 7 heteroatoms. The Morgan fingerprint density at radius 2 is 1.02 bits per heavy atom. The molecular formula is C33H34N2O5. The predicted molar refractivity (Wildman–Crippen MR) is 155 cm³/mol. The van der Waals surface area contributed by atoms with E-state index in [0.717, 1.165) is 5.56 Å². The molecule has 206 valence electrons. The maximum Gasteiger partial charge on any atom is 0.251 e. The van der Waals surface area contributed by atoms with Gasteiger partial charge in [-0.15, -0.1) is 0 Å². The topological polar surface area (TPSA) is 85.9 Å². The van der Waals surface area contributed by atoms with Gasteiger partial charge in [-0.2, -0.15) is 0 Å². The lowest BCUT2D eigenvalue weighted by molar-refractivity contribution is 0.0890. The van der Waals surface area contributed by atoms with Gasteiger partial charge in [-0.3, -0.25) is 9.59 Å². The summed E-state index contributed by atoms with van der Waals surface area (Å²) >= 11 is 0. The largest absolute Gasteiger partial charge is 0.496 e. The minimum atomic E-state index is -0.634. The first-order valence-corrected chi connectivity index (χ1v) is 13.0. The van der Waals surface area contributed by atoms with Crippen molar-refractivity contribution in [2.45, 2.75) is 19.0 Å². The highest BCUT2D eigenvalue weighted by Gasteiger charge is 2.35. The maximum atomic E-state index is 13.6. The van der Waals surface area contributed by atoms with Crippen LogP contribution in [0.4, 0.5) is 0 Å². The van der Waals surface area contributed by atoms with E-state index in [1.165, 1.54) is 0 Å². The lowest BCUT2D eigenvalue weighted by Crippen LogP contribution is -2.41. The van der Waals surface area contributed by atoms with Crippen molar-refractivity contribution in [2.24, 2.45) is 5.92 Å². The van der Waals surface area contributed by atoms with Gasteiger partial charge in [0.25, 0.3) is 11.8 Å². The average molecular weight is 539 g/mol. The number of amides is 2. The van der Waals surface area contributed by atoms with Crippen molar-refractivity contribution in [3.63, 3.8) is 0 Å². The third-order valence-electron chi connectivity index (χ3n) is 6.92. The number of carbonyl (C=O) groups is 2. The zero-order chi connectivity index (χ0) is 28.5. The Balaban J connectivity index is 1.83. The third-order valence-corrected chi connectivity index (χ3v) is 6.92. The van der Waals surface area contributed by atoms with Gasteiger partial charge in [0.15, 0.2) is 0 Å². The smallest absolute Gasteiger partial charge is 0.251 e. The number of ether oxygens (including phenoxy) is 3. The highest BCUT2D eigenvalue weighted by Crippen LogP contribution is 2.44. The molecule has 0 aliphatic carbocycles. The molecule has 0 unspecified atom stereocenters. The van der Waals surface area contributed by atoms with Gasteiger partial charge in [-0.1, -0.05) is 73.7 Å². The van der Waals surface area contributed by atoms with E-state index in [9.17, 15) is 9.59 Å². The van der Waals surface area contributed by atoms with Crippen LogP contribution in [-0.4, -0.2) is 33.1 Å². The second-order valence-electron chi connectivity index (χ2n) is 9.35. The Morgan fingerprint density at radius 1 is 0.600 bits per heavy atom. The van der Waals surface area contributed by atoms with E-state index < -0.39 is 12.1 Å². The molecule has 0 aromatic heterocycles. The van der Waals surface area contributed by atoms with Gasteiger partial charge in [-0.25, -0.2) is 0 Å². The van der Waals surface area contributed by atoms with Crippen LogP contribution in [0.5, 0.6) is 17.2 Å². The number of carbonyl (C=O) groups excluding carboxylic acids is 2. The Kier molecular flexibility index (Phi) is 9.41. The van der Waals surface area contributed by atoms with Crippen LogP contribution < -0.4 is 24.8 Å². The van der Waals surface area contributed by atoms with E-state index in [4.69, 9.17) is 14.2 Å². The summed E-state index contributed by atoms with van der Waals surface area (Å²) in [6.07, 6.45) is 0. The van der Waals surface area contributed by atoms with E-state index in [2.05, 4.69) is 10.6 Å². The van der Waals surface area contributed by atoms with Gasteiger partial charge in [-0.05, 0) is 29.8 Å². The first-order valence-electron chi connectivity index (χ1n) is 13.0. The van der Waals surface area contributed by atoms with Gasteiger partial charge < -0.3 is 24.8 Å². The molecule has 0 saturated carbocycles. The average Bonchev–Trinajstić information content (AvgIpc) is 3.02. The second-order valence-corrected chi connectivity index (χ2v) is 9.35. The number of benzene rings is 4. The lowest BCUT2D eigenvalue weighted by Gasteiger charge is -2.34. The number of hydrogen-bond donors (Lipinski definition) is 2. The zero-order valence-electron chi connectivity index (χ0n) is 23.1. The Labute approximate surface area is 235 Å². The van der Waals surface area contributed by atoms with Crippen LogP contribution in [0.25, 0.3) is 0 Å². The molecule has 4 aromatic carbocycles. The van der Waals surface area contributed by atoms with Gasteiger partial charge in [0.2, 0.25) is 0 Å². The number of rotatable bonds is 11. The van der Waals surface area contributed by atoms with Gasteiger partial charge in [0.05, 0.1) is 39.0 Å². The summed E-state index contributed by atoms with van der Waals surface area (Å²) in [6.45, 7) is 1.99. The van der Waals surface area contributed by atoms with Crippen LogP contribution in [0.15, 0.2) is 103 Å². The van der Waals surface area contributed by atoms with Crippen LogP contribution in [0, 0.1) is 5.92 Å². The zero-order valence-corrected chi connectivity index (χ0v) is 23.1. The quantitative estimate of drug-likeness (QED) is 0.245. The summed E-state index contributed by atoms with van der Waals surface area (Å²) in [7, 11) is 4.68. The SMILES string of the molecule is COc1cc(OC)c([C@H](NC(=O)c2ccccc2)[C@@H](C)[C@@H](NC(=O)c2ccccc2)c2ccccc2)c(OC)c1. The fourth-order valence-electron chi connectivity index (χ4n) is 4.81. The monoisotopic (exact) mass is 538 g/mol. The number of nitrogens with one attached hydrogen (secondary N) is 2. The molecule has 0 aliphatic heterocycles. The molecule has 0 heterocycles. The van der Waals surface area contributed by atoms with E-state index in [0.29, 0.717) is 33.9 Å². The van der Waals surface area contributed by atoms with E-state index in [-0.39, 0.29) is 17.7 Å². The van der Waals surface area contributed by atoms with Crippen molar-refractivity contribution in [3.05, 3.63) is 125 Å². The maximum absolute atomic E-state index is 13.6. The lowest BCUT2D eigenvalue weighted by atomic mass is 9.83. The molecule has 0 fully saturated rings. The Morgan fingerprint density at radius 3 is 1.45 bits per heavy atom. The van der Waals surface area contributed by atoms with Gasteiger partial charge in [0, 0.05) is 29.2 Å². The van der Waals surface area contributed by atoms with Crippen molar-refractivity contribution in [2.75, 3.05) is 21.3 Å². The van der Waals surface area contributed by atoms with E-state index >= 15 is 0 Å². The first-order chi connectivity index (χ1) is 19.5. The summed E-state index contributed by atoms with van der Waals surface area (Å²) in [6, 6.07) is 30.2. The Bertz CT molecular complexity index is 1390. The van der Waals surface area contributed by atoms with Crippen molar-refractivity contribution in [1.82, 2.24) is 10.6 Å². The summed E-state index contributed by atoms with van der Waals surface area (Å²) < 4.78 is 17.0. The minimum Gasteiger partial charge on any atom is -0.496 e. The first kappa shape index (κ1) is 28.2. The van der Waals surface area contributed by atoms with Crippen molar-refractivity contribution < 1.29 is 23.8 Å². The highest BCUT2D eigenvalue weighted by atomic mass is 16.5. The fraction of sp³-hybridized carbons (Fsp3) is 0.212. The normalized spacial score (nSPS) is 12.9. The van der Waals surface area contributed by atoms with E-state index in [1.807, 2.05) is 73.7 Å². The molecule has 2 N–H and O–H groups in total. The molecule has 4 aromatic rings. The molecule has 4 rings (SSSR count). The second kappa shape index (κ2) is 13.3. The summed E-state index contributed by atoms with van der Waals surface area (Å²) in [4.78, 5) is 27.0. The molecule has 0 bridgehead atoms. The van der Waals surface area contributed by atoms with Crippen LogP contribution in [0.1, 0.15) is 50.9 Å². The summed E-state index contributed by atoms with van der Waals surface area (Å²) in [5, 5.41) is 6.42. The Hall–Kier alpha value is -4.78. The van der Waals surface area contributed by atoms with Gasteiger partial charge in [0.1, 0.15) is 17.2 Å². The molecule has 40 heavy (non-hydrogen) atoms. The summed E-state index contributed by atoms with van der Waals surface area (Å²) in [5.74, 6) is 0.682. The number of hydrogen-bond acceptors (Lipinski definition) is 5. The standard InChI is InChI=1S/C33H34N2O5/c1-22(30(23-14-8-5-9-15-23)34-32(36)24-16-10-6-11-17-24)31(35-33(37)25-18-12-7-13-19-25)29-27(39-3)20-26(38-2)21-28(29)40-4/h5-22,30-31H,1-4H3,(H,34,36)(H,35,37)/t22-,30+,31+/m0/s1. The molecular weight excluding hydrogens is 504 g/mol. The third kappa shape index (κ3) is 6.43. The van der Waals surface area contributed by atoms with E-state index in [1.54, 1.807) is 57.7 Å². The van der Waals surface area contributed by atoms with Crippen LogP contribution in [-0.2, 0) is 0 Å². The highest BCUT2D eigenvalue weighted by molar-refractivity contribution is 5.95. The van der Waals surface area contributed by atoms with Crippen LogP contribution >= 0.6 is 0 Å². The molecule has 0 radical (unpaired) electrons. The van der Waals surface area contributed by atoms with Gasteiger partial charge >= 0.3 is 0 Å². The molecule has 0 saturated heterocycles. The summed E-state index contributed by atoms with van der Waals surface area (Å²) in [5.41, 5.74) is 2.58. The van der Waals surface area contributed by atoms with Crippen LogP contribution in [0.2, 0.25) is 0 Å². The van der Waals surface area contributed by atoms with Crippen molar-refractivity contribution >= 4 is 11.8 Å². The van der Waals surface area contributed by atoms with Crippen molar-refractivity contribution in [3.8, 4) is 17.2 Å². The fourth-order valence-corrected chi connectivity index (χ4v) is 4.81. The van der Waals surface area contributed by atoms with Crippen molar-refractivity contribution in [1.29, 1.82) is 0 Å². The number of methoxy groups -OCH3 is 3. The van der Waals surface area contributed by atoms with Crippen LogP contribution in [0.3, 0.4) is 0 Å². The molecule has 3 atom stereocenters.